The molecule has 0 aliphatic carbocycles. The summed E-state index contributed by atoms with van der Waals surface area (Å²) in [6, 6.07) is 3.34. The van der Waals surface area contributed by atoms with Crippen LogP contribution in [0.25, 0.3) is 0 Å². The third kappa shape index (κ3) is 4.31. The van der Waals surface area contributed by atoms with Crippen molar-refractivity contribution in [2.45, 2.75) is 11.8 Å². The topological polar surface area (TPSA) is 65.2 Å². The zero-order chi connectivity index (χ0) is 11.1. The van der Waals surface area contributed by atoms with Gasteiger partial charge in [-0.3, -0.25) is 9.78 Å². The smallest absolute Gasteiger partial charge is 0.323 e. The molecule has 0 aliphatic heterocycles. The van der Waals surface area contributed by atoms with Gasteiger partial charge < -0.3 is 10.5 Å². The highest BCUT2D eigenvalue weighted by Crippen LogP contribution is 2.11. The van der Waals surface area contributed by atoms with Gasteiger partial charge >= 0.3 is 5.97 Å². The first-order valence-electron chi connectivity index (χ1n) is 4.54. The molecule has 1 aromatic heterocycles. The molecular formula is C10H14N2O2S. The summed E-state index contributed by atoms with van der Waals surface area (Å²) >= 11 is 1.60. The standard InChI is InChI=1S/C10H14N2O2S/c1-14-10(13)9(11)7-15-6-8-2-4-12-5-3-8/h2-5,9H,6-7,11H2,1H3. The summed E-state index contributed by atoms with van der Waals surface area (Å²) in [5.74, 6) is 1.03. The molecule has 0 saturated carbocycles. The molecule has 82 valence electrons. The number of carbonyl (C=O) groups excluding carboxylic acids is 1. The van der Waals surface area contributed by atoms with E-state index < -0.39 is 6.04 Å². The van der Waals surface area contributed by atoms with E-state index in [1.807, 2.05) is 12.1 Å². The van der Waals surface area contributed by atoms with Crippen LogP contribution in [0.4, 0.5) is 0 Å². The Morgan fingerprint density at radius 3 is 2.87 bits per heavy atom. The second-order valence-electron chi connectivity index (χ2n) is 3.00. The summed E-state index contributed by atoms with van der Waals surface area (Å²) in [5.41, 5.74) is 6.76. The zero-order valence-corrected chi connectivity index (χ0v) is 9.37. The molecule has 0 saturated heterocycles. The van der Waals surface area contributed by atoms with Crippen molar-refractivity contribution in [3.63, 3.8) is 0 Å². The Kier molecular flexibility index (Phi) is 5.14. The molecule has 0 aliphatic rings. The van der Waals surface area contributed by atoms with Crippen molar-refractivity contribution in [3.05, 3.63) is 30.1 Å². The third-order valence-corrected chi connectivity index (χ3v) is 2.95. The van der Waals surface area contributed by atoms with Crippen molar-refractivity contribution < 1.29 is 9.53 Å². The number of carbonyl (C=O) groups is 1. The fourth-order valence-electron chi connectivity index (χ4n) is 1.00. The van der Waals surface area contributed by atoms with Crippen molar-refractivity contribution >= 4 is 17.7 Å². The first-order chi connectivity index (χ1) is 7.24. The third-order valence-electron chi connectivity index (χ3n) is 1.82. The maximum atomic E-state index is 11.0. The van der Waals surface area contributed by atoms with E-state index in [-0.39, 0.29) is 5.97 Å². The van der Waals surface area contributed by atoms with Gasteiger partial charge in [0.25, 0.3) is 0 Å². The number of pyridine rings is 1. The van der Waals surface area contributed by atoms with Gasteiger partial charge in [0.05, 0.1) is 7.11 Å². The largest absolute Gasteiger partial charge is 0.468 e. The lowest BCUT2D eigenvalue weighted by atomic mass is 10.3. The normalized spacial score (nSPS) is 12.1. The first kappa shape index (κ1) is 12.0. The van der Waals surface area contributed by atoms with Gasteiger partial charge in [-0.2, -0.15) is 11.8 Å². The molecule has 0 radical (unpaired) electrons. The maximum Gasteiger partial charge on any atom is 0.323 e. The Bertz CT molecular complexity index is 306. The minimum absolute atomic E-state index is 0.364. The number of ether oxygens (including phenoxy) is 1. The molecule has 0 aromatic carbocycles. The van der Waals surface area contributed by atoms with Crippen LogP contribution in [-0.4, -0.2) is 29.9 Å². The monoisotopic (exact) mass is 226 g/mol. The predicted octanol–water partition coefficient (Wildman–Crippen LogP) is 0.815. The summed E-state index contributed by atoms with van der Waals surface area (Å²) in [4.78, 5) is 14.9. The highest BCUT2D eigenvalue weighted by molar-refractivity contribution is 7.98. The molecule has 2 N–H and O–H groups in total. The van der Waals surface area contributed by atoms with Crippen molar-refractivity contribution in [1.29, 1.82) is 0 Å². The SMILES string of the molecule is COC(=O)C(N)CSCc1ccncc1. The number of esters is 1. The quantitative estimate of drug-likeness (QED) is 0.753. The van der Waals surface area contributed by atoms with E-state index >= 15 is 0 Å². The van der Waals surface area contributed by atoms with E-state index in [0.29, 0.717) is 5.75 Å². The molecule has 1 heterocycles. The van der Waals surface area contributed by atoms with Crippen LogP contribution >= 0.6 is 11.8 Å². The number of nitrogens with two attached hydrogens (primary N) is 1. The van der Waals surface area contributed by atoms with Crippen LogP contribution in [0, 0.1) is 0 Å². The molecule has 0 amide bonds. The number of rotatable bonds is 5. The number of hydrogen-bond donors (Lipinski definition) is 1. The average molecular weight is 226 g/mol. The molecule has 4 nitrogen and oxygen atoms in total. The number of nitrogens with zero attached hydrogens (tertiary/aromatic N) is 1. The van der Waals surface area contributed by atoms with Gasteiger partial charge in [-0.25, -0.2) is 0 Å². The number of hydrogen-bond acceptors (Lipinski definition) is 5. The van der Waals surface area contributed by atoms with Crippen LogP contribution < -0.4 is 5.73 Å². The minimum Gasteiger partial charge on any atom is -0.468 e. The Labute approximate surface area is 93.2 Å². The van der Waals surface area contributed by atoms with Gasteiger partial charge in [0, 0.05) is 23.9 Å². The van der Waals surface area contributed by atoms with Gasteiger partial charge in [0.1, 0.15) is 6.04 Å². The summed E-state index contributed by atoms with van der Waals surface area (Å²) in [5, 5.41) is 0. The summed E-state index contributed by atoms with van der Waals surface area (Å²) < 4.78 is 4.53. The average Bonchev–Trinajstić information content (AvgIpc) is 2.29. The summed E-state index contributed by atoms with van der Waals surface area (Å²) in [6.07, 6.45) is 3.49. The van der Waals surface area contributed by atoms with Crippen LogP contribution in [0.5, 0.6) is 0 Å². The summed E-state index contributed by atoms with van der Waals surface area (Å²) in [6.45, 7) is 0. The van der Waals surface area contributed by atoms with Crippen LogP contribution in [0.15, 0.2) is 24.5 Å². The van der Waals surface area contributed by atoms with Crippen LogP contribution in [0.1, 0.15) is 5.56 Å². The second-order valence-corrected chi connectivity index (χ2v) is 4.03. The lowest BCUT2D eigenvalue weighted by Crippen LogP contribution is -2.33. The maximum absolute atomic E-state index is 11.0. The number of aromatic nitrogens is 1. The highest BCUT2D eigenvalue weighted by atomic mass is 32.2. The van der Waals surface area contributed by atoms with Crippen LogP contribution in [-0.2, 0) is 15.3 Å². The van der Waals surface area contributed by atoms with Gasteiger partial charge in [-0.1, -0.05) is 0 Å². The first-order valence-corrected chi connectivity index (χ1v) is 5.69. The molecule has 1 unspecified atom stereocenters. The molecule has 15 heavy (non-hydrogen) atoms. The van der Waals surface area contributed by atoms with Gasteiger partial charge in [0.2, 0.25) is 0 Å². The van der Waals surface area contributed by atoms with E-state index in [1.165, 1.54) is 12.7 Å². The molecule has 1 aromatic rings. The Balaban J connectivity index is 2.25. The fraction of sp³-hybridized carbons (Fsp3) is 0.400. The van der Waals surface area contributed by atoms with Crippen molar-refractivity contribution in [2.24, 2.45) is 5.73 Å². The van der Waals surface area contributed by atoms with E-state index in [4.69, 9.17) is 5.73 Å². The fourth-order valence-corrected chi connectivity index (χ4v) is 1.94. The Morgan fingerprint density at radius 2 is 2.27 bits per heavy atom. The molecule has 1 rings (SSSR count). The molecule has 0 fully saturated rings. The Morgan fingerprint density at radius 1 is 1.60 bits per heavy atom. The van der Waals surface area contributed by atoms with Gasteiger partial charge in [-0.05, 0) is 17.7 Å². The van der Waals surface area contributed by atoms with Crippen LogP contribution in [0.2, 0.25) is 0 Å². The molecule has 0 bridgehead atoms. The van der Waals surface area contributed by atoms with Crippen molar-refractivity contribution in [1.82, 2.24) is 4.98 Å². The molecule has 0 spiro atoms. The lowest BCUT2D eigenvalue weighted by molar-refractivity contribution is -0.141. The van der Waals surface area contributed by atoms with Crippen molar-refractivity contribution in [3.8, 4) is 0 Å². The summed E-state index contributed by atoms with van der Waals surface area (Å²) in [7, 11) is 1.34. The molecule has 5 heteroatoms. The van der Waals surface area contributed by atoms with Crippen molar-refractivity contribution in [2.75, 3.05) is 12.9 Å². The van der Waals surface area contributed by atoms with E-state index in [0.717, 1.165) is 5.75 Å². The number of thioether (sulfide) groups is 1. The van der Waals surface area contributed by atoms with E-state index in [9.17, 15) is 4.79 Å². The second kappa shape index (κ2) is 6.42. The predicted molar refractivity (Wildman–Crippen MR) is 60.4 cm³/mol. The number of methoxy groups -OCH3 is 1. The van der Waals surface area contributed by atoms with E-state index in [1.54, 1.807) is 24.2 Å². The van der Waals surface area contributed by atoms with Crippen LogP contribution in [0.3, 0.4) is 0 Å². The van der Waals surface area contributed by atoms with Gasteiger partial charge in [0.15, 0.2) is 0 Å². The zero-order valence-electron chi connectivity index (χ0n) is 8.55. The molecule has 1 atom stereocenters. The molecular weight excluding hydrogens is 212 g/mol. The lowest BCUT2D eigenvalue weighted by Gasteiger charge is -2.08. The van der Waals surface area contributed by atoms with Gasteiger partial charge in [-0.15, -0.1) is 0 Å². The minimum atomic E-state index is -0.540. The highest BCUT2D eigenvalue weighted by Gasteiger charge is 2.12. The van der Waals surface area contributed by atoms with E-state index in [2.05, 4.69) is 9.72 Å². The Hall–Kier alpha value is -1.07.